The molecular formula is C15H21ClN2O2. The lowest BCUT2D eigenvalue weighted by Crippen LogP contribution is -2.45. The van der Waals surface area contributed by atoms with E-state index in [9.17, 15) is 0 Å². The smallest absolute Gasteiger partial charge is 0.161 e. The van der Waals surface area contributed by atoms with Crippen LogP contribution in [0.25, 0.3) is 0 Å². The Morgan fingerprint density at radius 2 is 1.80 bits per heavy atom. The summed E-state index contributed by atoms with van der Waals surface area (Å²) in [6, 6.07) is 6.02. The molecule has 0 radical (unpaired) electrons. The Hall–Kier alpha value is -0.970. The van der Waals surface area contributed by atoms with Gasteiger partial charge in [0, 0.05) is 32.7 Å². The lowest BCUT2D eigenvalue weighted by atomic mass is 10.1. The van der Waals surface area contributed by atoms with E-state index in [-0.39, 0.29) is 5.38 Å². The summed E-state index contributed by atoms with van der Waals surface area (Å²) in [6.45, 7) is 6.53. The summed E-state index contributed by atoms with van der Waals surface area (Å²) in [4.78, 5) is 4.78. The molecule has 0 aromatic heterocycles. The van der Waals surface area contributed by atoms with E-state index in [2.05, 4.69) is 16.8 Å². The number of benzene rings is 1. The first kappa shape index (κ1) is 14.0. The lowest BCUT2D eigenvalue weighted by Gasteiger charge is -2.33. The summed E-state index contributed by atoms with van der Waals surface area (Å²) in [6.07, 6.45) is 0. The van der Waals surface area contributed by atoms with Gasteiger partial charge in [-0.25, -0.2) is 0 Å². The molecule has 2 aliphatic heterocycles. The second kappa shape index (κ2) is 6.20. The van der Waals surface area contributed by atoms with E-state index in [1.807, 2.05) is 18.2 Å². The Kier molecular flexibility index (Phi) is 4.34. The summed E-state index contributed by atoms with van der Waals surface area (Å²) in [7, 11) is 2.16. The molecule has 1 aromatic rings. The molecule has 4 nitrogen and oxygen atoms in total. The highest BCUT2D eigenvalue weighted by Gasteiger charge is 2.20. The molecule has 1 fully saturated rings. The Labute approximate surface area is 125 Å². The molecule has 1 aromatic carbocycles. The molecule has 20 heavy (non-hydrogen) atoms. The van der Waals surface area contributed by atoms with Gasteiger partial charge in [0.2, 0.25) is 0 Å². The van der Waals surface area contributed by atoms with Gasteiger partial charge in [-0.1, -0.05) is 6.07 Å². The zero-order valence-electron chi connectivity index (χ0n) is 11.8. The van der Waals surface area contributed by atoms with Gasteiger partial charge in [0.1, 0.15) is 13.2 Å². The molecule has 0 spiro atoms. The van der Waals surface area contributed by atoms with E-state index in [0.29, 0.717) is 13.2 Å². The normalized spacial score (nSPS) is 21.7. The van der Waals surface area contributed by atoms with Gasteiger partial charge >= 0.3 is 0 Å². The fourth-order valence-corrected chi connectivity index (χ4v) is 2.95. The molecule has 1 unspecified atom stereocenters. The molecule has 0 aliphatic carbocycles. The zero-order valence-corrected chi connectivity index (χ0v) is 12.6. The van der Waals surface area contributed by atoms with Crippen molar-refractivity contribution in [2.75, 3.05) is 53.0 Å². The van der Waals surface area contributed by atoms with Crippen LogP contribution in [0.1, 0.15) is 10.9 Å². The second-order valence-corrected chi connectivity index (χ2v) is 6.00. The van der Waals surface area contributed by atoms with Crippen LogP contribution in [-0.2, 0) is 0 Å². The van der Waals surface area contributed by atoms with Crippen LogP contribution in [0.2, 0.25) is 0 Å². The fraction of sp³-hybridized carbons (Fsp3) is 0.600. The van der Waals surface area contributed by atoms with Crippen LogP contribution in [0.3, 0.4) is 0 Å². The number of halogens is 1. The Morgan fingerprint density at radius 1 is 1.10 bits per heavy atom. The number of fused-ring (bicyclic) bond motifs is 1. The predicted octanol–water partition coefficient (Wildman–Crippen LogP) is 1.99. The van der Waals surface area contributed by atoms with Crippen molar-refractivity contribution in [3.05, 3.63) is 23.8 Å². The third-order valence-corrected chi connectivity index (χ3v) is 4.33. The van der Waals surface area contributed by atoms with Gasteiger partial charge in [0.25, 0.3) is 0 Å². The van der Waals surface area contributed by atoms with Crippen molar-refractivity contribution in [1.82, 2.24) is 9.80 Å². The highest BCUT2D eigenvalue weighted by molar-refractivity contribution is 6.21. The summed E-state index contributed by atoms with van der Waals surface area (Å²) in [5.41, 5.74) is 1.11. The van der Waals surface area contributed by atoms with Crippen molar-refractivity contribution in [2.24, 2.45) is 0 Å². The summed E-state index contributed by atoms with van der Waals surface area (Å²) in [5, 5.41) is -0.00534. The summed E-state index contributed by atoms with van der Waals surface area (Å²) >= 11 is 6.57. The van der Waals surface area contributed by atoms with Gasteiger partial charge in [0.15, 0.2) is 11.5 Å². The zero-order chi connectivity index (χ0) is 13.9. The number of likely N-dealkylation sites (N-methyl/N-ethyl adjacent to an activating group) is 1. The van der Waals surface area contributed by atoms with E-state index in [4.69, 9.17) is 21.1 Å². The van der Waals surface area contributed by atoms with Crippen LogP contribution in [0, 0.1) is 0 Å². The molecule has 110 valence electrons. The van der Waals surface area contributed by atoms with Crippen LogP contribution >= 0.6 is 11.6 Å². The van der Waals surface area contributed by atoms with E-state index >= 15 is 0 Å². The molecule has 5 heteroatoms. The van der Waals surface area contributed by atoms with Crippen molar-refractivity contribution in [1.29, 1.82) is 0 Å². The van der Waals surface area contributed by atoms with Crippen LogP contribution in [0.4, 0.5) is 0 Å². The highest BCUT2D eigenvalue weighted by atomic mass is 35.5. The molecule has 0 amide bonds. The number of hydrogen-bond donors (Lipinski definition) is 0. The first-order valence-corrected chi connectivity index (χ1v) is 7.60. The number of ether oxygens (including phenoxy) is 2. The van der Waals surface area contributed by atoms with Gasteiger partial charge < -0.3 is 14.4 Å². The Morgan fingerprint density at radius 3 is 2.55 bits per heavy atom. The van der Waals surface area contributed by atoms with E-state index in [1.165, 1.54) is 0 Å². The summed E-state index contributed by atoms with van der Waals surface area (Å²) in [5.74, 6) is 1.64. The third kappa shape index (κ3) is 3.19. The van der Waals surface area contributed by atoms with Crippen LogP contribution < -0.4 is 9.47 Å². The summed E-state index contributed by atoms with van der Waals surface area (Å²) < 4.78 is 11.2. The standard InChI is InChI=1S/C15H21ClN2O2/c1-17-4-6-18(7-5-17)11-13(16)12-2-3-14-15(10-12)20-9-8-19-14/h2-3,10,13H,4-9,11H2,1H3. The minimum atomic E-state index is -0.00534. The number of piperazine rings is 1. The molecule has 0 N–H and O–H groups in total. The fourth-order valence-electron chi connectivity index (χ4n) is 2.62. The molecule has 0 bridgehead atoms. The molecule has 1 saturated heterocycles. The Balaban J connectivity index is 1.63. The van der Waals surface area contributed by atoms with Gasteiger partial charge in [-0.2, -0.15) is 0 Å². The maximum Gasteiger partial charge on any atom is 0.161 e. The second-order valence-electron chi connectivity index (χ2n) is 5.47. The maximum absolute atomic E-state index is 6.57. The van der Waals surface area contributed by atoms with Crippen molar-refractivity contribution >= 4 is 11.6 Å². The van der Waals surface area contributed by atoms with Gasteiger partial charge in [-0.3, -0.25) is 4.90 Å². The van der Waals surface area contributed by atoms with E-state index in [0.717, 1.165) is 49.8 Å². The highest BCUT2D eigenvalue weighted by Crippen LogP contribution is 2.34. The largest absolute Gasteiger partial charge is 0.486 e. The SMILES string of the molecule is CN1CCN(CC(Cl)c2ccc3c(c2)OCCO3)CC1. The average Bonchev–Trinajstić information content (AvgIpc) is 2.49. The van der Waals surface area contributed by atoms with Gasteiger partial charge in [0.05, 0.1) is 5.38 Å². The van der Waals surface area contributed by atoms with Gasteiger partial charge in [-0.05, 0) is 24.7 Å². The van der Waals surface area contributed by atoms with Crippen LogP contribution in [-0.4, -0.2) is 62.8 Å². The minimum Gasteiger partial charge on any atom is -0.486 e. The predicted molar refractivity (Wildman–Crippen MR) is 80.0 cm³/mol. The van der Waals surface area contributed by atoms with Crippen molar-refractivity contribution in [2.45, 2.75) is 5.38 Å². The molecule has 2 heterocycles. The average molecular weight is 297 g/mol. The van der Waals surface area contributed by atoms with Crippen LogP contribution in [0.15, 0.2) is 18.2 Å². The number of nitrogens with zero attached hydrogens (tertiary/aromatic N) is 2. The first-order chi connectivity index (χ1) is 9.72. The molecule has 2 aliphatic rings. The Bertz CT molecular complexity index is 461. The number of alkyl halides is 1. The molecular weight excluding hydrogens is 276 g/mol. The van der Waals surface area contributed by atoms with Crippen LogP contribution in [0.5, 0.6) is 11.5 Å². The van der Waals surface area contributed by atoms with Crippen molar-refractivity contribution < 1.29 is 9.47 Å². The molecule has 3 rings (SSSR count). The number of hydrogen-bond acceptors (Lipinski definition) is 4. The molecule has 0 saturated carbocycles. The van der Waals surface area contributed by atoms with Crippen molar-refractivity contribution in [3.8, 4) is 11.5 Å². The topological polar surface area (TPSA) is 24.9 Å². The lowest BCUT2D eigenvalue weighted by molar-refractivity contribution is 0.154. The van der Waals surface area contributed by atoms with E-state index in [1.54, 1.807) is 0 Å². The quantitative estimate of drug-likeness (QED) is 0.797. The van der Waals surface area contributed by atoms with E-state index < -0.39 is 0 Å². The monoisotopic (exact) mass is 296 g/mol. The minimum absolute atomic E-state index is 0.00534. The molecule has 1 atom stereocenters. The number of rotatable bonds is 3. The third-order valence-electron chi connectivity index (χ3n) is 3.94. The van der Waals surface area contributed by atoms with Crippen molar-refractivity contribution in [3.63, 3.8) is 0 Å². The maximum atomic E-state index is 6.57. The van der Waals surface area contributed by atoms with Gasteiger partial charge in [-0.15, -0.1) is 11.6 Å². The first-order valence-electron chi connectivity index (χ1n) is 7.17.